The summed E-state index contributed by atoms with van der Waals surface area (Å²) in [6.45, 7) is 5.65. The van der Waals surface area contributed by atoms with Gasteiger partial charge in [-0.05, 0) is 109 Å². The van der Waals surface area contributed by atoms with E-state index in [-0.39, 0.29) is 19.4 Å². The monoisotopic (exact) mass is 1200 g/mol. The number of esters is 1. The fourth-order valence-corrected chi connectivity index (χ4v) is 10.4. The Morgan fingerprint density at radius 1 is 0.465 bits per heavy atom. The molecule has 0 aromatic rings. The lowest BCUT2D eigenvalue weighted by Gasteiger charge is -2.41. The number of aliphatic hydroxyl groups excluding tert-OH is 5. The molecule has 8 unspecified atom stereocenters. The van der Waals surface area contributed by atoms with Gasteiger partial charge in [0.1, 0.15) is 24.4 Å². The second-order valence-electron chi connectivity index (χ2n) is 23.9. The fourth-order valence-electron chi connectivity index (χ4n) is 10.4. The maximum Gasteiger partial charge on any atom is 0.306 e. The zero-order valence-corrected chi connectivity index (χ0v) is 54.9. The Balaban J connectivity index is 2.61. The average Bonchev–Trinajstić information content (AvgIpc) is 3.38. The summed E-state index contributed by atoms with van der Waals surface area (Å²) in [6, 6.07) is -1.04. The molecule has 1 fully saturated rings. The predicted molar refractivity (Wildman–Crippen MR) is 361 cm³/mol. The first kappa shape index (κ1) is 80.3. The van der Waals surface area contributed by atoms with E-state index < -0.39 is 67.4 Å². The molecule has 6 N–H and O–H groups in total. The third-order valence-electron chi connectivity index (χ3n) is 15.9. The molecule has 0 aromatic heterocycles. The van der Waals surface area contributed by atoms with E-state index in [1.165, 1.54) is 122 Å². The molecule has 0 radical (unpaired) electrons. The minimum Gasteiger partial charge on any atom is -0.454 e. The predicted octanol–water partition coefficient (Wildman–Crippen LogP) is 18.0. The zero-order valence-electron chi connectivity index (χ0n) is 54.9. The van der Waals surface area contributed by atoms with Gasteiger partial charge in [-0.1, -0.05) is 284 Å². The number of unbranched alkanes of at least 4 members (excludes halogenated alkanes) is 29. The Labute approximate surface area is 526 Å². The van der Waals surface area contributed by atoms with Gasteiger partial charge in [-0.25, -0.2) is 0 Å². The number of nitrogens with one attached hydrogen (secondary N) is 1. The Hall–Kier alpha value is -3.68. The maximum absolute atomic E-state index is 13.5. The van der Waals surface area contributed by atoms with Crippen LogP contribution in [0.2, 0.25) is 0 Å². The van der Waals surface area contributed by atoms with Crippen LogP contribution in [-0.4, -0.2) is 99.6 Å². The molecule has 1 saturated heterocycles. The molecule has 0 aliphatic carbocycles. The summed E-state index contributed by atoms with van der Waals surface area (Å²) in [5.41, 5.74) is 0. The van der Waals surface area contributed by atoms with Gasteiger partial charge in [0.05, 0.1) is 25.4 Å². The van der Waals surface area contributed by atoms with E-state index >= 15 is 0 Å². The van der Waals surface area contributed by atoms with Crippen molar-refractivity contribution in [2.75, 3.05) is 13.2 Å². The Kier molecular flexibility index (Phi) is 57.5. The van der Waals surface area contributed by atoms with Crippen LogP contribution in [0.3, 0.4) is 0 Å². The number of rotatable bonds is 59. The van der Waals surface area contributed by atoms with Crippen molar-refractivity contribution in [1.29, 1.82) is 0 Å². The van der Waals surface area contributed by atoms with Crippen LogP contribution in [0, 0.1) is 0 Å². The van der Waals surface area contributed by atoms with Gasteiger partial charge in [0.25, 0.3) is 0 Å². The molecule has 0 spiro atoms. The number of amides is 1. The van der Waals surface area contributed by atoms with Gasteiger partial charge in [-0.3, -0.25) is 9.59 Å². The first-order valence-electron chi connectivity index (χ1n) is 35.2. The van der Waals surface area contributed by atoms with Crippen molar-refractivity contribution in [1.82, 2.24) is 5.32 Å². The van der Waals surface area contributed by atoms with Gasteiger partial charge in [0.2, 0.25) is 5.91 Å². The molecular weight excluding hydrogens is 1070 g/mol. The molecule has 1 heterocycles. The topological polar surface area (TPSA) is 175 Å². The highest BCUT2D eigenvalue weighted by molar-refractivity contribution is 5.80. The molecular formula is C75H129NO10. The summed E-state index contributed by atoms with van der Waals surface area (Å²) >= 11 is 0. The third-order valence-corrected chi connectivity index (χ3v) is 15.9. The largest absolute Gasteiger partial charge is 0.454 e. The summed E-state index contributed by atoms with van der Waals surface area (Å²) in [5.74, 6) is -1.22. The second kappa shape index (κ2) is 61.6. The van der Waals surface area contributed by atoms with Crippen LogP contribution in [0.4, 0.5) is 0 Å². The summed E-state index contributed by atoms with van der Waals surface area (Å²) < 4.78 is 17.7. The zero-order chi connectivity index (χ0) is 62.4. The molecule has 1 aliphatic rings. The minimum atomic E-state index is -1.63. The fraction of sp³-hybridized carbons (Fsp3) is 0.733. The van der Waals surface area contributed by atoms with E-state index in [4.69, 9.17) is 14.2 Å². The van der Waals surface area contributed by atoms with Crippen LogP contribution >= 0.6 is 0 Å². The highest BCUT2D eigenvalue weighted by atomic mass is 16.7. The van der Waals surface area contributed by atoms with Crippen LogP contribution in [0.15, 0.2) is 109 Å². The Morgan fingerprint density at radius 2 is 0.837 bits per heavy atom. The highest BCUT2D eigenvalue weighted by Crippen LogP contribution is 2.26. The minimum absolute atomic E-state index is 0.0964. The standard InChI is InChI=1S/C75H129NO10/c1-4-7-10-13-16-19-22-25-27-29-31-33-34-35-37-38-40-42-44-47-50-53-56-59-62-68(79)74(83)76-66(67(78)61-58-55-52-49-46-24-21-18-15-12-9-6-3)65-84-75-73(72(82)71(81)69(64-77)85-75)86-70(80)63-60-57-54-51-48-45-43-41-39-36-32-30-28-26-23-20-17-14-11-8-5-2/h8,11,16-17,19-20,25-28,31-33,36,41,43,58,61,66-69,71-73,75,77-79,81-82H,4-7,9-10,12-15,18,21-24,29-30,34-35,37-40,42,44-57,59-60,62-65H2,1-3H3,(H,76,83)/b11-8-,19-16-,20-17-,27-25-,28-26-,33-31-,36-32-,43-41-,61-58+. The van der Waals surface area contributed by atoms with Gasteiger partial charge < -0.3 is 45.1 Å². The molecule has 1 aliphatic heterocycles. The quantitative estimate of drug-likeness (QED) is 0.0195. The normalized spacial score (nSPS) is 19.0. The van der Waals surface area contributed by atoms with E-state index in [0.29, 0.717) is 12.8 Å². The first-order chi connectivity index (χ1) is 42.2. The number of carbonyl (C=O) groups excluding carboxylic acids is 2. The van der Waals surface area contributed by atoms with E-state index in [1.54, 1.807) is 6.08 Å². The van der Waals surface area contributed by atoms with Crippen molar-refractivity contribution >= 4 is 11.9 Å². The molecule has 1 amide bonds. The second-order valence-corrected chi connectivity index (χ2v) is 23.9. The highest BCUT2D eigenvalue weighted by Gasteiger charge is 2.47. The van der Waals surface area contributed by atoms with Crippen molar-refractivity contribution in [2.24, 2.45) is 0 Å². The maximum atomic E-state index is 13.5. The summed E-state index contributed by atoms with van der Waals surface area (Å²) in [6.07, 6.45) is 74.0. The van der Waals surface area contributed by atoms with E-state index in [2.05, 4.69) is 123 Å². The van der Waals surface area contributed by atoms with Gasteiger partial charge >= 0.3 is 5.97 Å². The number of carbonyl (C=O) groups is 2. The first-order valence-corrected chi connectivity index (χ1v) is 35.2. The molecule has 494 valence electrons. The number of ether oxygens (including phenoxy) is 3. The van der Waals surface area contributed by atoms with Crippen LogP contribution in [0.1, 0.15) is 290 Å². The Morgan fingerprint density at radius 3 is 1.28 bits per heavy atom. The average molecular weight is 1200 g/mol. The van der Waals surface area contributed by atoms with Crippen LogP contribution in [-0.2, 0) is 23.8 Å². The molecule has 0 aromatic carbocycles. The molecule has 0 saturated carbocycles. The van der Waals surface area contributed by atoms with E-state index in [1.807, 2.05) is 6.08 Å². The smallest absolute Gasteiger partial charge is 0.306 e. The van der Waals surface area contributed by atoms with Crippen molar-refractivity contribution in [3.8, 4) is 0 Å². The number of hydrogen-bond acceptors (Lipinski definition) is 10. The van der Waals surface area contributed by atoms with Gasteiger partial charge in [0, 0.05) is 6.42 Å². The van der Waals surface area contributed by atoms with Gasteiger partial charge in [0.15, 0.2) is 12.4 Å². The summed E-state index contributed by atoms with van der Waals surface area (Å²) in [4.78, 5) is 26.7. The van der Waals surface area contributed by atoms with Crippen LogP contribution in [0.25, 0.3) is 0 Å². The number of allylic oxidation sites excluding steroid dienone is 17. The number of aliphatic hydroxyl groups is 5. The van der Waals surface area contributed by atoms with Crippen molar-refractivity contribution in [2.45, 2.75) is 339 Å². The molecule has 0 bridgehead atoms. The van der Waals surface area contributed by atoms with Crippen LogP contribution < -0.4 is 5.32 Å². The Bertz CT molecular complexity index is 1820. The SMILES string of the molecule is CC/C=C\C/C=C\C/C=C\C/C=C\C/C=C\CCCCCCCC(=O)OC1C(OCC(NC(=O)C(O)CCCCCCCCCCCCC/C=C\C/C=C\C/C=C\CCCCC)C(O)/C=C/CCCCCCCCCCCC)OC(CO)C(O)C1O. The molecule has 8 atom stereocenters. The molecule has 1 rings (SSSR count). The summed E-state index contributed by atoms with van der Waals surface area (Å²) in [5, 5.41) is 57.2. The number of hydrogen-bond donors (Lipinski definition) is 6. The van der Waals surface area contributed by atoms with Crippen molar-refractivity contribution in [3.05, 3.63) is 109 Å². The van der Waals surface area contributed by atoms with Crippen molar-refractivity contribution < 1.29 is 49.3 Å². The third kappa shape index (κ3) is 48.3. The molecule has 86 heavy (non-hydrogen) atoms. The summed E-state index contributed by atoms with van der Waals surface area (Å²) in [7, 11) is 0. The van der Waals surface area contributed by atoms with Gasteiger partial charge in [-0.15, -0.1) is 0 Å². The van der Waals surface area contributed by atoms with E-state index in [9.17, 15) is 35.1 Å². The lowest BCUT2D eigenvalue weighted by molar-refractivity contribution is -0.305. The van der Waals surface area contributed by atoms with Crippen molar-refractivity contribution in [3.63, 3.8) is 0 Å². The molecule has 11 nitrogen and oxygen atoms in total. The van der Waals surface area contributed by atoms with Crippen LogP contribution in [0.5, 0.6) is 0 Å². The van der Waals surface area contributed by atoms with E-state index in [0.717, 1.165) is 122 Å². The lowest BCUT2D eigenvalue weighted by Crippen LogP contribution is -2.61. The van der Waals surface area contributed by atoms with Gasteiger partial charge in [-0.2, -0.15) is 0 Å². The lowest BCUT2D eigenvalue weighted by atomic mass is 9.99. The molecule has 11 heteroatoms.